The molecule has 1 saturated heterocycles. The fourth-order valence-corrected chi connectivity index (χ4v) is 2.60. The SMILES string of the molecule is Cc1nc(N2CCCCCC2)c2ccncc2n1. The van der Waals surface area contributed by atoms with Gasteiger partial charge in [0.1, 0.15) is 11.6 Å². The van der Waals surface area contributed by atoms with Crippen molar-refractivity contribution in [1.82, 2.24) is 15.0 Å². The van der Waals surface area contributed by atoms with E-state index in [9.17, 15) is 0 Å². The molecule has 0 amide bonds. The van der Waals surface area contributed by atoms with Crippen molar-refractivity contribution in [1.29, 1.82) is 0 Å². The summed E-state index contributed by atoms with van der Waals surface area (Å²) in [5.74, 6) is 1.91. The summed E-state index contributed by atoms with van der Waals surface area (Å²) >= 11 is 0. The van der Waals surface area contributed by atoms with Gasteiger partial charge < -0.3 is 4.90 Å². The molecule has 0 unspecified atom stereocenters. The fraction of sp³-hybridized carbons (Fsp3) is 0.500. The molecular formula is C14H18N4. The molecule has 4 heteroatoms. The van der Waals surface area contributed by atoms with E-state index in [1.807, 2.05) is 25.4 Å². The lowest BCUT2D eigenvalue weighted by atomic mass is 10.2. The first-order chi connectivity index (χ1) is 8.84. The molecule has 0 radical (unpaired) electrons. The summed E-state index contributed by atoms with van der Waals surface area (Å²) in [5.41, 5.74) is 0.948. The summed E-state index contributed by atoms with van der Waals surface area (Å²) < 4.78 is 0. The summed E-state index contributed by atoms with van der Waals surface area (Å²) in [6.07, 6.45) is 8.83. The van der Waals surface area contributed by atoms with Gasteiger partial charge in [0.05, 0.1) is 11.7 Å². The van der Waals surface area contributed by atoms with Crippen LogP contribution in [0.4, 0.5) is 5.82 Å². The highest BCUT2D eigenvalue weighted by atomic mass is 15.2. The Labute approximate surface area is 107 Å². The van der Waals surface area contributed by atoms with Crippen molar-refractivity contribution in [2.24, 2.45) is 0 Å². The van der Waals surface area contributed by atoms with Crippen LogP contribution in [0, 0.1) is 6.92 Å². The zero-order valence-corrected chi connectivity index (χ0v) is 10.8. The Morgan fingerprint density at radius 3 is 2.61 bits per heavy atom. The summed E-state index contributed by atoms with van der Waals surface area (Å²) in [6, 6.07) is 2.02. The van der Waals surface area contributed by atoms with Crippen LogP contribution in [0.15, 0.2) is 18.5 Å². The number of rotatable bonds is 1. The van der Waals surface area contributed by atoms with Crippen LogP contribution in [-0.2, 0) is 0 Å². The van der Waals surface area contributed by atoms with Gasteiger partial charge in [0.2, 0.25) is 0 Å². The van der Waals surface area contributed by atoms with Crippen molar-refractivity contribution < 1.29 is 0 Å². The van der Waals surface area contributed by atoms with Gasteiger partial charge in [-0.1, -0.05) is 12.8 Å². The molecule has 0 saturated carbocycles. The number of nitrogens with zero attached hydrogens (tertiary/aromatic N) is 4. The van der Waals surface area contributed by atoms with E-state index in [4.69, 9.17) is 0 Å². The minimum Gasteiger partial charge on any atom is -0.356 e. The zero-order chi connectivity index (χ0) is 12.4. The van der Waals surface area contributed by atoms with Gasteiger partial charge in [-0.3, -0.25) is 4.98 Å². The van der Waals surface area contributed by atoms with Crippen LogP contribution >= 0.6 is 0 Å². The molecule has 3 heterocycles. The molecule has 1 fully saturated rings. The molecule has 0 aliphatic carbocycles. The molecule has 0 N–H and O–H groups in total. The number of aryl methyl sites for hydroxylation is 1. The van der Waals surface area contributed by atoms with Crippen molar-refractivity contribution in [3.05, 3.63) is 24.3 Å². The van der Waals surface area contributed by atoms with E-state index in [1.54, 1.807) is 0 Å². The van der Waals surface area contributed by atoms with Gasteiger partial charge in [-0.05, 0) is 25.8 Å². The van der Waals surface area contributed by atoms with Gasteiger partial charge in [-0.2, -0.15) is 0 Å². The summed E-state index contributed by atoms with van der Waals surface area (Å²) in [7, 11) is 0. The monoisotopic (exact) mass is 242 g/mol. The molecule has 0 spiro atoms. The molecule has 1 aliphatic heterocycles. The average molecular weight is 242 g/mol. The Kier molecular flexibility index (Phi) is 3.09. The highest BCUT2D eigenvalue weighted by Gasteiger charge is 2.15. The van der Waals surface area contributed by atoms with E-state index >= 15 is 0 Å². The number of anilines is 1. The second-order valence-electron chi connectivity index (χ2n) is 4.89. The third kappa shape index (κ3) is 2.15. The van der Waals surface area contributed by atoms with Crippen molar-refractivity contribution >= 4 is 16.7 Å². The number of hydrogen-bond donors (Lipinski definition) is 0. The second kappa shape index (κ2) is 4.88. The molecule has 3 rings (SSSR count). The van der Waals surface area contributed by atoms with Gasteiger partial charge in [-0.15, -0.1) is 0 Å². The van der Waals surface area contributed by atoms with Gasteiger partial charge in [0, 0.05) is 24.7 Å². The van der Waals surface area contributed by atoms with E-state index in [0.29, 0.717) is 0 Å². The lowest BCUT2D eigenvalue weighted by Gasteiger charge is -2.23. The Balaban J connectivity index is 2.08. The van der Waals surface area contributed by atoms with Gasteiger partial charge in [-0.25, -0.2) is 9.97 Å². The van der Waals surface area contributed by atoms with Crippen molar-refractivity contribution in [3.8, 4) is 0 Å². The molecule has 4 nitrogen and oxygen atoms in total. The standard InChI is InChI=1S/C14H18N4/c1-11-16-13-10-15-7-6-12(13)14(17-11)18-8-4-2-3-5-9-18/h6-7,10H,2-5,8-9H2,1H3. The first-order valence-electron chi connectivity index (χ1n) is 6.68. The Morgan fingerprint density at radius 2 is 1.83 bits per heavy atom. The van der Waals surface area contributed by atoms with E-state index in [2.05, 4.69) is 19.9 Å². The highest BCUT2D eigenvalue weighted by Crippen LogP contribution is 2.25. The highest BCUT2D eigenvalue weighted by molar-refractivity contribution is 5.88. The molecule has 0 atom stereocenters. The topological polar surface area (TPSA) is 41.9 Å². The first-order valence-corrected chi connectivity index (χ1v) is 6.68. The van der Waals surface area contributed by atoms with Crippen LogP contribution < -0.4 is 4.90 Å². The maximum atomic E-state index is 4.65. The number of hydrogen-bond acceptors (Lipinski definition) is 4. The van der Waals surface area contributed by atoms with Gasteiger partial charge in [0.25, 0.3) is 0 Å². The zero-order valence-electron chi connectivity index (χ0n) is 10.8. The lowest BCUT2D eigenvalue weighted by molar-refractivity contribution is 0.726. The van der Waals surface area contributed by atoms with E-state index in [-0.39, 0.29) is 0 Å². The van der Waals surface area contributed by atoms with Crippen LogP contribution in [0.1, 0.15) is 31.5 Å². The number of pyridine rings is 1. The predicted molar refractivity (Wildman–Crippen MR) is 72.8 cm³/mol. The number of fused-ring (bicyclic) bond motifs is 1. The third-order valence-electron chi connectivity index (χ3n) is 3.50. The molecule has 2 aromatic heterocycles. The molecule has 94 valence electrons. The summed E-state index contributed by atoms with van der Waals surface area (Å²) in [5, 5.41) is 1.12. The molecule has 0 aromatic carbocycles. The van der Waals surface area contributed by atoms with Crippen LogP contribution in [0.25, 0.3) is 10.9 Å². The van der Waals surface area contributed by atoms with E-state index in [1.165, 1.54) is 25.7 Å². The van der Waals surface area contributed by atoms with Crippen LogP contribution in [0.5, 0.6) is 0 Å². The summed E-state index contributed by atoms with van der Waals surface area (Å²) in [4.78, 5) is 15.7. The van der Waals surface area contributed by atoms with Crippen molar-refractivity contribution in [2.45, 2.75) is 32.6 Å². The van der Waals surface area contributed by atoms with Crippen molar-refractivity contribution in [3.63, 3.8) is 0 Å². The maximum Gasteiger partial charge on any atom is 0.140 e. The van der Waals surface area contributed by atoms with Crippen LogP contribution in [0.3, 0.4) is 0 Å². The maximum absolute atomic E-state index is 4.65. The van der Waals surface area contributed by atoms with Crippen LogP contribution in [-0.4, -0.2) is 28.0 Å². The molecule has 2 aromatic rings. The largest absolute Gasteiger partial charge is 0.356 e. The quantitative estimate of drug-likeness (QED) is 0.771. The Morgan fingerprint density at radius 1 is 1.06 bits per heavy atom. The molecule has 18 heavy (non-hydrogen) atoms. The van der Waals surface area contributed by atoms with E-state index < -0.39 is 0 Å². The smallest absolute Gasteiger partial charge is 0.140 e. The lowest BCUT2D eigenvalue weighted by Crippen LogP contribution is -2.25. The molecule has 1 aliphatic rings. The Hall–Kier alpha value is -1.71. The van der Waals surface area contributed by atoms with Crippen LogP contribution in [0.2, 0.25) is 0 Å². The summed E-state index contributed by atoms with van der Waals surface area (Å²) in [6.45, 7) is 4.16. The van der Waals surface area contributed by atoms with Gasteiger partial charge >= 0.3 is 0 Å². The molecule has 0 bridgehead atoms. The fourth-order valence-electron chi connectivity index (χ4n) is 2.60. The minimum absolute atomic E-state index is 0.828. The van der Waals surface area contributed by atoms with E-state index in [0.717, 1.165) is 35.6 Å². The van der Waals surface area contributed by atoms with Crippen molar-refractivity contribution in [2.75, 3.05) is 18.0 Å². The minimum atomic E-state index is 0.828. The molecular weight excluding hydrogens is 224 g/mol. The Bertz CT molecular complexity index is 544. The third-order valence-corrected chi connectivity index (χ3v) is 3.50. The number of aromatic nitrogens is 3. The van der Waals surface area contributed by atoms with Gasteiger partial charge in [0.15, 0.2) is 0 Å². The average Bonchev–Trinajstić information content (AvgIpc) is 2.66. The second-order valence-corrected chi connectivity index (χ2v) is 4.89. The predicted octanol–water partition coefficient (Wildman–Crippen LogP) is 2.71. The normalized spacial score (nSPS) is 16.8. The first kappa shape index (κ1) is 11.4.